The summed E-state index contributed by atoms with van der Waals surface area (Å²) in [5.74, 6) is 0.841. The van der Waals surface area contributed by atoms with E-state index in [0.29, 0.717) is 27.2 Å². The lowest BCUT2D eigenvalue weighted by atomic mass is 10.3. The Hall–Kier alpha value is -1.78. The molecule has 1 heterocycles. The summed E-state index contributed by atoms with van der Waals surface area (Å²) in [5.41, 5.74) is 5.69. The molecule has 4 nitrogen and oxygen atoms in total. The van der Waals surface area contributed by atoms with Crippen LogP contribution in [0.2, 0.25) is 10.0 Å². The van der Waals surface area contributed by atoms with Crippen LogP contribution in [0, 0.1) is 5.41 Å². The number of hydrogen-bond donors (Lipinski definition) is 2. The molecule has 0 bridgehead atoms. The number of ether oxygens (including phenoxy) is 1. The molecule has 92 valence electrons. The molecule has 18 heavy (non-hydrogen) atoms. The van der Waals surface area contributed by atoms with Gasteiger partial charge >= 0.3 is 0 Å². The average molecular weight is 282 g/mol. The smallest absolute Gasteiger partial charge is 0.147 e. The summed E-state index contributed by atoms with van der Waals surface area (Å²) < 4.78 is 5.53. The molecule has 0 unspecified atom stereocenters. The van der Waals surface area contributed by atoms with Gasteiger partial charge in [0.15, 0.2) is 0 Å². The normalized spacial score (nSPS) is 10.1. The van der Waals surface area contributed by atoms with Gasteiger partial charge in [-0.3, -0.25) is 5.41 Å². The highest BCUT2D eigenvalue weighted by atomic mass is 35.5. The predicted octanol–water partition coefficient (Wildman–Crippen LogP) is 3.46. The first-order valence-corrected chi connectivity index (χ1v) is 5.76. The minimum absolute atomic E-state index is 0.0951. The largest absolute Gasteiger partial charge is 0.454 e. The Morgan fingerprint density at radius 2 is 2.00 bits per heavy atom. The van der Waals surface area contributed by atoms with Crippen molar-refractivity contribution in [2.24, 2.45) is 5.73 Å². The van der Waals surface area contributed by atoms with Crippen LogP contribution in [0.3, 0.4) is 0 Å². The molecular weight excluding hydrogens is 273 g/mol. The van der Waals surface area contributed by atoms with Crippen molar-refractivity contribution in [3.8, 4) is 11.5 Å². The zero-order valence-electron chi connectivity index (χ0n) is 9.15. The van der Waals surface area contributed by atoms with Crippen molar-refractivity contribution in [1.29, 1.82) is 5.41 Å². The molecule has 0 fully saturated rings. The number of nitrogen functional groups attached to an aromatic ring is 1. The van der Waals surface area contributed by atoms with E-state index in [-0.39, 0.29) is 5.84 Å². The molecule has 1 aromatic carbocycles. The van der Waals surface area contributed by atoms with E-state index in [1.54, 1.807) is 30.3 Å². The Labute approximate surface area is 114 Å². The first-order valence-electron chi connectivity index (χ1n) is 5.00. The second kappa shape index (κ2) is 5.25. The van der Waals surface area contributed by atoms with Gasteiger partial charge in [-0.2, -0.15) is 0 Å². The highest BCUT2D eigenvalue weighted by Crippen LogP contribution is 2.34. The topological polar surface area (TPSA) is 72.0 Å². The molecule has 0 aliphatic carbocycles. The minimum Gasteiger partial charge on any atom is -0.454 e. The molecule has 6 heteroatoms. The Morgan fingerprint density at radius 3 is 2.61 bits per heavy atom. The van der Waals surface area contributed by atoms with Crippen LogP contribution in [0.5, 0.6) is 11.5 Å². The molecule has 2 rings (SSSR count). The van der Waals surface area contributed by atoms with Crippen molar-refractivity contribution in [3.63, 3.8) is 0 Å². The van der Waals surface area contributed by atoms with Gasteiger partial charge in [-0.25, -0.2) is 4.98 Å². The number of nitrogens with one attached hydrogen (secondary N) is 1. The maximum atomic E-state index is 7.23. The number of nitrogens with two attached hydrogens (primary N) is 1. The number of benzene rings is 1. The first-order chi connectivity index (χ1) is 8.58. The Morgan fingerprint density at radius 1 is 1.22 bits per heavy atom. The van der Waals surface area contributed by atoms with E-state index in [1.165, 1.54) is 6.20 Å². The van der Waals surface area contributed by atoms with E-state index < -0.39 is 0 Å². The maximum Gasteiger partial charge on any atom is 0.147 e. The zero-order valence-corrected chi connectivity index (χ0v) is 10.7. The number of amidine groups is 1. The summed E-state index contributed by atoms with van der Waals surface area (Å²) in [5, 5.41) is 7.99. The lowest BCUT2D eigenvalue weighted by molar-refractivity contribution is 0.480. The summed E-state index contributed by atoms with van der Waals surface area (Å²) in [6.07, 6.45) is 1.47. The third kappa shape index (κ3) is 2.72. The molecule has 1 aromatic heterocycles. The van der Waals surface area contributed by atoms with Crippen LogP contribution in [0.15, 0.2) is 36.5 Å². The predicted molar refractivity (Wildman–Crippen MR) is 71.8 cm³/mol. The molecule has 0 atom stereocenters. The highest BCUT2D eigenvalue weighted by Gasteiger charge is 2.07. The van der Waals surface area contributed by atoms with Gasteiger partial charge in [0.05, 0.1) is 11.2 Å². The number of halogens is 2. The van der Waals surface area contributed by atoms with E-state index in [4.69, 9.17) is 39.1 Å². The SMILES string of the molecule is N=C(N)c1ccc(Oc2cccc(Cl)c2Cl)cn1. The molecule has 0 aliphatic heterocycles. The Bertz CT molecular complexity index is 584. The standard InChI is InChI=1S/C12H9Cl2N3O/c13-8-2-1-3-10(11(8)14)18-7-4-5-9(12(15)16)17-6-7/h1-6H,(H3,15,16). The molecule has 0 amide bonds. The third-order valence-electron chi connectivity index (χ3n) is 2.16. The van der Waals surface area contributed by atoms with Crippen molar-refractivity contribution < 1.29 is 4.74 Å². The summed E-state index contributed by atoms with van der Waals surface area (Å²) in [4.78, 5) is 3.98. The van der Waals surface area contributed by atoms with Gasteiger partial charge in [0, 0.05) is 0 Å². The fraction of sp³-hybridized carbons (Fsp3) is 0. The van der Waals surface area contributed by atoms with Crippen molar-refractivity contribution in [1.82, 2.24) is 4.98 Å². The van der Waals surface area contributed by atoms with Gasteiger partial charge in [0.1, 0.15) is 28.1 Å². The number of hydrogen-bond acceptors (Lipinski definition) is 3. The quantitative estimate of drug-likeness (QED) is 0.668. The van der Waals surface area contributed by atoms with Crippen LogP contribution in [-0.2, 0) is 0 Å². The number of pyridine rings is 1. The number of nitrogens with zero attached hydrogens (tertiary/aromatic N) is 1. The number of aromatic nitrogens is 1. The monoisotopic (exact) mass is 281 g/mol. The Balaban J connectivity index is 2.24. The van der Waals surface area contributed by atoms with Crippen molar-refractivity contribution >= 4 is 29.0 Å². The molecule has 0 saturated heterocycles. The van der Waals surface area contributed by atoms with E-state index in [9.17, 15) is 0 Å². The molecule has 0 saturated carbocycles. The van der Waals surface area contributed by atoms with Crippen molar-refractivity contribution in [2.45, 2.75) is 0 Å². The van der Waals surface area contributed by atoms with Gasteiger partial charge in [-0.1, -0.05) is 29.3 Å². The lowest BCUT2D eigenvalue weighted by Crippen LogP contribution is -2.12. The fourth-order valence-corrected chi connectivity index (χ4v) is 1.62. The van der Waals surface area contributed by atoms with Crippen molar-refractivity contribution in [2.75, 3.05) is 0 Å². The number of rotatable bonds is 3. The lowest BCUT2D eigenvalue weighted by Gasteiger charge is -2.08. The van der Waals surface area contributed by atoms with Crippen molar-refractivity contribution in [3.05, 3.63) is 52.3 Å². The molecule has 3 N–H and O–H groups in total. The van der Waals surface area contributed by atoms with Gasteiger partial charge in [-0.15, -0.1) is 0 Å². The average Bonchev–Trinajstić information content (AvgIpc) is 2.36. The second-order valence-corrected chi connectivity index (χ2v) is 4.23. The summed E-state index contributed by atoms with van der Waals surface area (Å²) >= 11 is 11.9. The second-order valence-electron chi connectivity index (χ2n) is 3.45. The third-order valence-corrected chi connectivity index (χ3v) is 2.96. The van der Waals surface area contributed by atoms with E-state index in [0.717, 1.165) is 0 Å². The van der Waals surface area contributed by atoms with Crippen LogP contribution in [0.4, 0.5) is 0 Å². The van der Waals surface area contributed by atoms with Crippen LogP contribution in [0.1, 0.15) is 5.69 Å². The maximum absolute atomic E-state index is 7.23. The van der Waals surface area contributed by atoms with Gasteiger partial charge in [0.25, 0.3) is 0 Å². The summed E-state index contributed by atoms with van der Waals surface area (Å²) in [6.45, 7) is 0. The molecule has 0 spiro atoms. The van der Waals surface area contributed by atoms with Gasteiger partial charge < -0.3 is 10.5 Å². The molecule has 0 aliphatic rings. The van der Waals surface area contributed by atoms with Gasteiger partial charge in [-0.05, 0) is 24.3 Å². The van der Waals surface area contributed by atoms with E-state index >= 15 is 0 Å². The summed E-state index contributed by atoms with van der Waals surface area (Å²) in [7, 11) is 0. The van der Waals surface area contributed by atoms with Crippen LogP contribution in [-0.4, -0.2) is 10.8 Å². The highest BCUT2D eigenvalue weighted by molar-refractivity contribution is 6.42. The van der Waals surface area contributed by atoms with Crippen LogP contribution >= 0.6 is 23.2 Å². The summed E-state index contributed by atoms with van der Waals surface area (Å²) in [6, 6.07) is 8.36. The first kappa shape index (κ1) is 12.7. The molecule has 0 radical (unpaired) electrons. The zero-order chi connectivity index (χ0) is 13.1. The van der Waals surface area contributed by atoms with Crippen LogP contribution in [0.25, 0.3) is 0 Å². The van der Waals surface area contributed by atoms with E-state index in [1.807, 2.05) is 0 Å². The van der Waals surface area contributed by atoms with Gasteiger partial charge in [0.2, 0.25) is 0 Å². The molecular formula is C12H9Cl2N3O. The van der Waals surface area contributed by atoms with Crippen LogP contribution < -0.4 is 10.5 Å². The minimum atomic E-state index is -0.0951. The van der Waals surface area contributed by atoms with E-state index in [2.05, 4.69) is 4.98 Å². The fourth-order valence-electron chi connectivity index (χ4n) is 1.29. The molecule has 2 aromatic rings. The Kier molecular flexibility index (Phi) is 3.69.